The molecule has 0 bridgehead atoms. The maximum absolute atomic E-state index is 11.1. The number of rotatable bonds is 1. The fraction of sp³-hybridized carbons (Fsp3) is 0.100. The van der Waals surface area contributed by atoms with Gasteiger partial charge in [0.2, 0.25) is 0 Å². The van der Waals surface area contributed by atoms with Crippen LogP contribution >= 0.6 is 0 Å². The number of hydrogen-bond acceptors (Lipinski definition) is 2. The van der Waals surface area contributed by atoms with Crippen molar-refractivity contribution < 1.29 is 17.8 Å². The van der Waals surface area contributed by atoms with E-state index in [0.717, 1.165) is 0 Å². The lowest BCUT2D eigenvalue weighted by Gasteiger charge is -2.10. The minimum atomic E-state index is -4.22. The number of fused-ring (bicyclic) bond motifs is 1. The molecule has 0 saturated heterocycles. The van der Waals surface area contributed by atoms with Crippen LogP contribution in [-0.2, 0) is 16.5 Å². The Balaban J connectivity index is 2.69. The van der Waals surface area contributed by atoms with Gasteiger partial charge >= 0.3 is 0 Å². The van der Waals surface area contributed by atoms with E-state index in [-0.39, 0.29) is 4.90 Å². The molecule has 1 aliphatic carbocycles. The molecule has 1 aromatic carbocycles. The van der Waals surface area contributed by atoms with Crippen molar-refractivity contribution in [3.63, 3.8) is 0 Å². The molecule has 1 aromatic rings. The van der Waals surface area contributed by atoms with Gasteiger partial charge < -0.3 is 5.53 Å². The van der Waals surface area contributed by atoms with Gasteiger partial charge in [0.05, 0.1) is 6.42 Å². The van der Waals surface area contributed by atoms with E-state index < -0.39 is 10.1 Å². The Bertz CT molecular complexity index is 625. The summed E-state index contributed by atoms with van der Waals surface area (Å²) in [5.41, 5.74) is 10.2. The van der Waals surface area contributed by atoms with Crippen LogP contribution in [0, 0.1) is 0 Å². The molecular weight excluding hydrogens is 228 g/mol. The first-order valence-electron chi connectivity index (χ1n) is 4.51. The fourth-order valence-corrected chi connectivity index (χ4v) is 2.39. The minimum absolute atomic E-state index is 0.127. The number of nitrogens with zero attached hydrogens (tertiary/aromatic N) is 2. The highest BCUT2D eigenvalue weighted by atomic mass is 32.2. The molecule has 16 heavy (non-hydrogen) atoms. The number of benzene rings is 1. The second-order valence-electron chi connectivity index (χ2n) is 3.41. The van der Waals surface area contributed by atoms with Gasteiger partial charge in [-0.1, -0.05) is 12.1 Å². The molecule has 1 N–H and O–H groups in total. The molecule has 0 fully saturated rings. The molecule has 0 amide bonds. The first-order chi connectivity index (χ1) is 7.52. The first kappa shape index (κ1) is 10.8. The quantitative estimate of drug-likeness (QED) is 0.451. The number of allylic oxidation sites excluding steroid dienone is 1. The van der Waals surface area contributed by atoms with Gasteiger partial charge in [-0.25, -0.2) is 0 Å². The summed E-state index contributed by atoms with van der Waals surface area (Å²) in [6.07, 6.45) is 3.36. The largest absolute Gasteiger partial charge is 0.361 e. The molecule has 0 heterocycles. The van der Waals surface area contributed by atoms with Crippen LogP contribution in [-0.4, -0.2) is 23.5 Å². The SMILES string of the molecule is [N-]=[N+]=C1C=Cc2c(cccc2S(=O)(=O)O)C1. The molecule has 82 valence electrons. The molecule has 0 aromatic heterocycles. The van der Waals surface area contributed by atoms with E-state index in [9.17, 15) is 8.42 Å². The maximum Gasteiger partial charge on any atom is 0.296 e. The van der Waals surface area contributed by atoms with Gasteiger partial charge in [-0.2, -0.15) is 13.2 Å². The summed E-state index contributed by atoms with van der Waals surface area (Å²) < 4.78 is 31.2. The topological polar surface area (TPSA) is 90.8 Å². The third-order valence-corrected chi connectivity index (χ3v) is 3.29. The van der Waals surface area contributed by atoms with E-state index in [1.807, 2.05) is 0 Å². The summed E-state index contributed by atoms with van der Waals surface area (Å²) in [4.78, 5) is 2.93. The summed E-state index contributed by atoms with van der Waals surface area (Å²) >= 11 is 0. The van der Waals surface area contributed by atoms with Gasteiger partial charge in [0, 0.05) is 6.08 Å². The van der Waals surface area contributed by atoms with Crippen molar-refractivity contribution in [2.45, 2.75) is 11.3 Å². The van der Waals surface area contributed by atoms with E-state index in [0.29, 0.717) is 23.3 Å². The lowest BCUT2D eigenvalue weighted by Crippen LogP contribution is -2.11. The molecule has 5 nitrogen and oxygen atoms in total. The Hall–Kier alpha value is -1.75. The summed E-state index contributed by atoms with van der Waals surface area (Å²) in [6.45, 7) is 0. The zero-order valence-corrected chi connectivity index (χ0v) is 8.98. The lowest BCUT2D eigenvalue weighted by molar-refractivity contribution is -0.00554. The lowest BCUT2D eigenvalue weighted by atomic mass is 9.96. The van der Waals surface area contributed by atoms with Gasteiger partial charge in [0.1, 0.15) is 4.90 Å². The smallest absolute Gasteiger partial charge is 0.296 e. The van der Waals surface area contributed by atoms with Gasteiger partial charge in [-0.15, -0.1) is 0 Å². The second kappa shape index (κ2) is 3.68. The first-order valence-corrected chi connectivity index (χ1v) is 5.95. The summed E-state index contributed by atoms with van der Waals surface area (Å²) in [5, 5.41) is 0. The zero-order valence-electron chi connectivity index (χ0n) is 8.16. The molecule has 0 spiro atoms. The highest BCUT2D eigenvalue weighted by molar-refractivity contribution is 7.85. The zero-order chi connectivity index (χ0) is 11.8. The van der Waals surface area contributed by atoms with Crippen molar-refractivity contribution in [3.05, 3.63) is 40.9 Å². The Labute approximate surface area is 92.4 Å². The Morgan fingerprint density at radius 3 is 2.69 bits per heavy atom. The monoisotopic (exact) mass is 236 g/mol. The van der Waals surface area contributed by atoms with Crippen LogP contribution in [0.2, 0.25) is 0 Å². The van der Waals surface area contributed by atoms with Crippen LogP contribution in [0.3, 0.4) is 0 Å². The predicted molar refractivity (Wildman–Crippen MR) is 57.6 cm³/mol. The van der Waals surface area contributed by atoms with Crippen LogP contribution < -0.4 is 0 Å². The Morgan fingerprint density at radius 2 is 2.06 bits per heavy atom. The van der Waals surface area contributed by atoms with E-state index in [4.69, 9.17) is 10.1 Å². The molecule has 6 heteroatoms. The van der Waals surface area contributed by atoms with Crippen molar-refractivity contribution in [2.75, 3.05) is 0 Å². The van der Waals surface area contributed by atoms with Gasteiger partial charge in [0.15, 0.2) is 0 Å². The third-order valence-electron chi connectivity index (χ3n) is 2.38. The molecule has 0 radical (unpaired) electrons. The Kier molecular flexibility index (Phi) is 2.47. The molecule has 0 saturated carbocycles. The van der Waals surface area contributed by atoms with Gasteiger partial charge in [-0.05, 0) is 23.3 Å². The highest BCUT2D eigenvalue weighted by Gasteiger charge is 2.21. The van der Waals surface area contributed by atoms with E-state index in [2.05, 4.69) is 4.79 Å². The second-order valence-corrected chi connectivity index (χ2v) is 4.80. The maximum atomic E-state index is 11.1. The summed E-state index contributed by atoms with van der Waals surface area (Å²) in [7, 11) is -4.22. The van der Waals surface area contributed by atoms with Crippen molar-refractivity contribution in [1.29, 1.82) is 0 Å². The summed E-state index contributed by atoms with van der Waals surface area (Å²) in [6, 6.07) is 4.59. The van der Waals surface area contributed by atoms with Crippen LogP contribution in [0.1, 0.15) is 11.1 Å². The van der Waals surface area contributed by atoms with Crippen molar-refractivity contribution >= 4 is 21.9 Å². The Morgan fingerprint density at radius 1 is 1.31 bits per heavy atom. The normalized spacial score (nSPS) is 14.4. The average Bonchev–Trinajstić information content (AvgIpc) is 2.26. The van der Waals surface area contributed by atoms with Gasteiger partial charge in [0.25, 0.3) is 15.8 Å². The summed E-state index contributed by atoms with van der Waals surface area (Å²) in [5.74, 6) is 0. The molecule has 0 unspecified atom stereocenters. The highest BCUT2D eigenvalue weighted by Crippen LogP contribution is 2.24. The number of hydrogen-bond donors (Lipinski definition) is 1. The average molecular weight is 236 g/mol. The third kappa shape index (κ3) is 1.81. The van der Waals surface area contributed by atoms with Crippen LogP contribution in [0.25, 0.3) is 11.6 Å². The van der Waals surface area contributed by atoms with E-state index >= 15 is 0 Å². The minimum Gasteiger partial charge on any atom is -0.361 e. The standard InChI is InChI=1S/C10H8N2O3S/c11-12-8-4-5-9-7(6-8)2-1-3-10(9)16(13,14)15/h1-5H,6H2,(H,13,14,15). The fourth-order valence-electron chi connectivity index (χ4n) is 1.66. The van der Waals surface area contributed by atoms with Crippen molar-refractivity contribution in [3.8, 4) is 0 Å². The predicted octanol–water partition coefficient (Wildman–Crippen LogP) is 1.17. The molecule has 1 aliphatic rings. The van der Waals surface area contributed by atoms with Crippen LogP contribution in [0.5, 0.6) is 0 Å². The van der Waals surface area contributed by atoms with Gasteiger partial charge in [-0.3, -0.25) is 4.55 Å². The molecule has 0 aliphatic heterocycles. The molecule has 2 rings (SSSR count). The molecule has 0 atom stereocenters. The van der Waals surface area contributed by atoms with E-state index in [1.165, 1.54) is 24.3 Å². The van der Waals surface area contributed by atoms with E-state index in [1.54, 1.807) is 6.07 Å². The van der Waals surface area contributed by atoms with Crippen LogP contribution in [0.15, 0.2) is 29.2 Å². The molecular formula is C10H8N2O3S. The van der Waals surface area contributed by atoms with Crippen molar-refractivity contribution in [1.82, 2.24) is 0 Å². The van der Waals surface area contributed by atoms with Crippen LogP contribution in [0.4, 0.5) is 0 Å². The van der Waals surface area contributed by atoms with Crippen molar-refractivity contribution in [2.24, 2.45) is 0 Å².